The Morgan fingerprint density at radius 1 is 1.53 bits per heavy atom. The third-order valence-corrected chi connectivity index (χ3v) is 2.02. The summed E-state index contributed by atoms with van der Waals surface area (Å²) in [7, 11) is 1.80. The molecule has 15 heavy (non-hydrogen) atoms. The fourth-order valence-corrected chi connectivity index (χ4v) is 1.37. The van der Waals surface area contributed by atoms with Crippen LogP contribution in [0.3, 0.4) is 0 Å². The van der Waals surface area contributed by atoms with Crippen molar-refractivity contribution in [1.29, 1.82) is 0 Å². The van der Waals surface area contributed by atoms with E-state index >= 15 is 0 Å². The van der Waals surface area contributed by atoms with Gasteiger partial charge in [-0.25, -0.2) is 4.39 Å². The van der Waals surface area contributed by atoms with Gasteiger partial charge in [-0.1, -0.05) is 12.1 Å². The molecule has 1 aromatic rings. The monoisotopic (exact) mass is 210 g/mol. The quantitative estimate of drug-likeness (QED) is 0.781. The molecule has 0 aliphatic rings. The minimum atomic E-state index is -0.258. The van der Waals surface area contributed by atoms with Gasteiger partial charge in [-0.05, 0) is 24.7 Å². The van der Waals surface area contributed by atoms with Crippen molar-refractivity contribution in [2.24, 2.45) is 5.73 Å². The molecule has 1 rings (SSSR count). The summed E-state index contributed by atoms with van der Waals surface area (Å²) in [5, 5.41) is 0. The molecule has 1 aromatic carbocycles. The standard InChI is InChI=1S/C11H15FN2O/c1-14(8-11(15)6-13)7-9-3-2-4-10(12)5-9/h2-5H,6-8,13H2,1H3. The smallest absolute Gasteiger partial charge is 0.160 e. The highest BCUT2D eigenvalue weighted by Crippen LogP contribution is 2.05. The predicted molar refractivity (Wildman–Crippen MR) is 56.8 cm³/mol. The molecule has 0 spiro atoms. The molecule has 0 amide bonds. The zero-order chi connectivity index (χ0) is 11.3. The summed E-state index contributed by atoms with van der Waals surface area (Å²) in [6.45, 7) is 0.893. The van der Waals surface area contributed by atoms with Crippen molar-refractivity contribution in [2.45, 2.75) is 6.54 Å². The van der Waals surface area contributed by atoms with Gasteiger partial charge in [-0.3, -0.25) is 9.69 Å². The van der Waals surface area contributed by atoms with Crippen LogP contribution in [0.1, 0.15) is 5.56 Å². The van der Waals surface area contributed by atoms with Crippen LogP contribution in [0.5, 0.6) is 0 Å². The molecule has 0 saturated carbocycles. The number of carbonyl (C=O) groups is 1. The number of likely N-dealkylation sites (N-methyl/N-ethyl adjacent to an activating group) is 1. The second-order valence-corrected chi connectivity index (χ2v) is 3.55. The summed E-state index contributed by atoms with van der Waals surface area (Å²) in [6, 6.07) is 6.34. The van der Waals surface area contributed by atoms with E-state index in [-0.39, 0.29) is 18.1 Å². The Morgan fingerprint density at radius 3 is 2.87 bits per heavy atom. The van der Waals surface area contributed by atoms with Gasteiger partial charge >= 0.3 is 0 Å². The summed E-state index contributed by atoms with van der Waals surface area (Å²) in [5.74, 6) is -0.278. The molecule has 0 heterocycles. The fraction of sp³-hybridized carbons (Fsp3) is 0.364. The Balaban J connectivity index is 2.51. The first kappa shape index (κ1) is 11.8. The van der Waals surface area contributed by atoms with Gasteiger partial charge in [0.05, 0.1) is 13.1 Å². The zero-order valence-electron chi connectivity index (χ0n) is 8.74. The molecule has 0 atom stereocenters. The lowest BCUT2D eigenvalue weighted by atomic mass is 10.2. The van der Waals surface area contributed by atoms with Crippen molar-refractivity contribution in [1.82, 2.24) is 4.90 Å². The van der Waals surface area contributed by atoms with E-state index in [1.54, 1.807) is 13.1 Å². The first-order chi connectivity index (χ1) is 7.11. The minimum Gasteiger partial charge on any atom is -0.324 e. The van der Waals surface area contributed by atoms with E-state index < -0.39 is 0 Å². The number of nitrogens with zero attached hydrogens (tertiary/aromatic N) is 1. The maximum absolute atomic E-state index is 12.8. The lowest BCUT2D eigenvalue weighted by Gasteiger charge is -2.15. The topological polar surface area (TPSA) is 46.3 Å². The molecule has 82 valence electrons. The number of hydrogen-bond acceptors (Lipinski definition) is 3. The highest BCUT2D eigenvalue weighted by Gasteiger charge is 2.05. The van der Waals surface area contributed by atoms with E-state index in [1.807, 2.05) is 11.0 Å². The average Bonchev–Trinajstić information content (AvgIpc) is 2.17. The molecule has 0 aliphatic carbocycles. The molecular weight excluding hydrogens is 195 g/mol. The summed E-state index contributed by atoms with van der Waals surface area (Å²) in [4.78, 5) is 12.8. The number of ketones is 1. The van der Waals surface area contributed by atoms with E-state index in [2.05, 4.69) is 0 Å². The van der Waals surface area contributed by atoms with Gasteiger partial charge in [0.25, 0.3) is 0 Å². The first-order valence-electron chi connectivity index (χ1n) is 4.76. The Labute approximate surface area is 88.7 Å². The zero-order valence-corrected chi connectivity index (χ0v) is 8.74. The Kier molecular flexibility index (Phi) is 4.39. The van der Waals surface area contributed by atoms with Crippen LogP contribution in [0.4, 0.5) is 4.39 Å². The predicted octanol–water partition coefficient (Wildman–Crippen LogP) is 0.785. The van der Waals surface area contributed by atoms with Gasteiger partial charge in [0.1, 0.15) is 5.82 Å². The molecule has 0 aromatic heterocycles. The second-order valence-electron chi connectivity index (χ2n) is 3.55. The number of halogens is 1. The molecule has 0 radical (unpaired) electrons. The number of Topliss-reactive ketones (excluding diaryl/α,β-unsaturated/α-hetero) is 1. The van der Waals surface area contributed by atoms with Crippen LogP contribution < -0.4 is 5.73 Å². The molecule has 0 bridgehead atoms. The van der Waals surface area contributed by atoms with E-state index in [0.29, 0.717) is 13.1 Å². The Bertz CT molecular complexity index is 341. The second kappa shape index (κ2) is 5.58. The van der Waals surface area contributed by atoms with Crippen LogP contribution in [0, 0.1) is 5.82 Å². The van der Waals surface area contributed by atoms with Gasteiger partial charge in [-0.2, -0.15) is 0 Å². The molecule has 0 unspecified atom stereocenters. The van der Waals surface area contributed by atoms with Crippen LogP contribution >= 0.6 is 0 Å². The number of benzene rings is 1. The van der Waals surface area contributed by atoms with Crippen molar-refractivity contribution < 1.29 is 9.18 Å². The molecule has 0 aliphatic heterocycles. The molecule has 3 nitrogen and oxygen atoms in total. The van der Waals surface area contributed by atoms with E-state index in [9.17, 15) is 9.18 Å². The molecule has 0 saturated heterocycles. The van der Waals surface area contributed by atoms with E-state index in [0.717, 1.165) is 5.56 Å². The maximum Gasteiger partial charge on any atom is 0.160 e. The lowest BCUT2D eigenvalue weighted by molar-refractivity contribution is -0.118. The van der Waals surface area contributed by atoms with E-state index in [4.69, 9.17) is 5.73 Å². The van der Waals surface area contributed by atoms with Crippen molar-refractivity contribution in [2.75, 3.05) is 20.1 Å². The maximum atomic E-state index is 12.8. The summed E-state index contributed by atoms with van der Waals surface area (Å²) < 4.78 is 12.8. The third kappa shape index (κ3) is 4.18. The number of rotatable bonds is 5. The Hall–Kier alpha value is -1.26. The third-order valence-electron chi connectivity index (χ3n) is 2.02. The van der Waals surface area contributed by atoms with Crippen LogP contribution in [0.25, 0.3) is 0 Å². The number of nitrogens with two attached hydrogens (primary N) is 1. The average molecular weight is 210 g/mol. The fourth-order valence-electron chi connectivity index (χ4n) is 1.37. The number of carbonyl (C=O) groups excluding carboxylic acids is 1. The highest BCUT2D eigenvalue weighted by atomic mass is 19.1. The van der Waals surface area contributed by atoms with Gasteiger partial charge in [-0.15, -0.1) is 0 Å². The van der Waals surface area contributed by atoms with Crippen molar-refractivity contribution in [3.63, 3.8) is 0 Å². The van der Waals surface area contributed by atoms with Crippen molar-refractivity contribution >= 4 is 5.78 Å². The van der Waals surface area contributed by atoms with Crippen LogP contribution in [0.2, 0.25) is 0 Å². The molecular formula is C11H15FN2O. The summed E-state index contributed by atoms with van der Waals surface area (Å²) >= 11 is 0. The van der Waals surface area contributed by atoms with Gasteiger partial charge in [0.2, 0.25) is 0 Å². The number of hydrogen-bond donors (Lipinski definition) is 1. The molecule has 2 N–H and O–H groups in total. The minimum absolute atomic E-state index is 0.0195. The SMILES string of the molecule is CN(CC(=O)CN)Cc1cccc(F)c1. The van der Waals surface area contributed by atoms with Gasteiger partial charge < -0.3 is 5.73 Å². The van der Waals surface area contributed by atoms with Crippen molar-refractivity contribution in [3.05, 3.63) is 35.6 Å². The van der Waals surface area contributed by atoms with Crippen LogP contribution in [-0.4, -0.2) is 30.8 Å². The normalized spacial score (nSPS) is 10.7. The van der Waals surface area contributed by atoms with Gasteiger partial charge in [0, 0.05) is 6.54 Å². The van der Waals surface area contributed by atoms with E-state index in [1.165, 1.54) is 12.1 Å². The molecule has 0 fully saturated rings. The largest absolute Gasteiger partial charge is 0.324 e. The van der Waals surface area contributed by atoms with Gasteiger partial charge in [0.15, 0.2) is 5.78 Å². The van der Waals surface area contributed by atoms with Crippen molar-refractivity contribution in [3.8, 4) is 0 Å². The van der Waals surface area contributed by atoms with Crippen LogP contribution in [-0.2, 0) is 11.3 Å². The summed E-state index contributed by atoms with van der Waals surface area (Å²) in [5.41, 5.74) is 6.05. The van der Waals surface area contributed by atoms with Crippen LogP contribution in [0.15, 0.2) is 24.3 Å². The Morgan fingerprint density at radius 2 is 2.27 bits per heavy atom. The summed E-state index contributed by atoms with van der Waals surface area (Å²) in [6.07, 6.45) is 0. The lowest BCUT2D eigenvalue weighted by Crippen LogP contribution is -2.29. The molecule has 4 heteroatoms. The highest BCUT2D eigenvalue weighted by molar-refractivity contribution is 5.82. The first-order valence-corrected chi connectivity index (χ1v) is 4.76.